The highest BCUT2D eigenvalue weighted by molar-refractivity contribution is 5.98. The van der Waals surface area contributed by atoms with Crippen molar-refractivity contribution >= 4 is 17.6 Å². The molecule has 1 unspecified atom stereocenters. The molecule has 8 heteroatoms. The molecule has 0 bridgehead atoms. The fourth-order valence-corrected chi connectivity index (χ4v) is 4.60. The first kappa shape index (κ1) is 27.4. The summed E-state index contributed by atoms with van der Waals surface area (Å²) in [6, 6.07) is 26.2. The van der Waals surface area contributed by atoms with E-state index in [1.54, 1.807) is 23.2 Å². The minimum absolute atomic E-state index is 0.0211. The summed E-state index contributed by atoms with van der Waals surface area (Å²) in [6.45, 7) is 4.77. The van der Waals surface area contributed by atoms with Crippen LogP contribution in [-0.2, 0) is 27.3 Å². The number of nitrogens with one attached hydrogen (secondary N) is 1. The van der Waals surface area contributed by atoms with Gasteiger partial charge in [-0.15, -0.1) is 5.10 Å². The topological polar surface area (TPSA) is 92.8 Å². The minimum atomic E-state index is -1.00. The summed E-state index contributed by atoms with van der Waals surface area (Å²) in [7, 11) is 0. The highest BCUT2D eigenvalue weighted by Crippen LogP contribution is 2.38. The molecule has 0 saturated carbocycles. The van der Waals surface area contributed by atoms with E-state index in [0.717, 1.165) is 12.0 Å². The highest BCUT2D eigenvalue weighted by atomic mass is 16.8. The summed E-state index contributed by atoms with van der Waals surface area (Å²) in [5.74, 6) is -0.149. The maximum Gasteiger partial charge on any atom is 0.336 e. The maximum atomic E-state index is 13.5. The van der Waals surface area contributed by atoms with Crippen molar-refractivity contribution in [2.45, 2.75) is 51.7 Å². The molecule has 1 spiro atoms. The van der Waals surface area contributed by atoms with Crippen molar-refractivity contribution < 1.29 is 23.8 Å². The van der Waals surface area contributed by atoms with E-state index in [9.17, 15) is 9.59 Å². The number of epoxide rings is 1. The van der Waals surface area contributed by atoms with Gasteiger partial charge in [0.05, 0.1) is 6.04 Å². The van der Waals surface area contributed by atoms with Crippen molar-refractivity contribution in [3.63, 3.8) is 0 Å². The second kappa shape index (κ2) is 12.3. The lowest BCUT2D eigenvalue weighted by atomic mass is 9.99. The molecular formula is C32H35N3O5. The molecule has 208 valence electrons. The van der Waals surface area contributed by atoms with Gasteiger partial charge in [-0.2, -0.15) is 0 Å². The van der Waals surface area contributed by atoms with Gasteiger partial charge >= 0.3 is 5.91 Å². The van der Waals surface area contributed by atoms with E-state index in [4.69, 9.17) is 14.2 Å². The Morgan fingerprint density at radius 3 is 2.35 bits per heavy atom. The Bertz CT molecular complexity index is 1340. The van der Waals surface area contributed by atoms with Gasteiger partial charge < -0.3 is 19.5 Å². The van der Waals surface area contributed by atoms with Crippen LogP contribution in [0.25, 0.3) is 0 Å². The Kier molecular flexibility index (Phi) is 8.45. The number of benzene rings is 3. The van der Waals surface area contributed by atoms with Gasteiger partial charge in [0.15, 0.2) is 5.78 Å². The third kappa shape index (κ3) is 7.07. The average Bonchev–Trinajstić information content (AvgIpc) is 3.67. The van der Waals surface area contributed by atoms with Gasteiger partial charge in [-0.3, -0.25) is 9.59 Å². The zero-order chi connectivity index (χ0) is 28.0. The van der Waals surface area contributed by atoms with Crippen LogP contribution < -0.4 is 10.1 Å². The van der Waals surface area contributed by atoms with Crippen LogP contribution >= 0.6 is 0 Å². The predicted molar refractivity (Wildman–Crippen MR) is 152 cm³/mol. The standard InChI is InChI=1S/C32H35N3O5/c1-23(2)18-28(33-31(37)26-14-9-15-27(19-26)38-21-25-12-7-4-8-13-25)29(36)20-35-32(22-39-32)40-30(34-35)17-16-24-10-5-3-6-11-24/h3-15,19,23,28H,16-18,20-22H2,1-2H3,(H,33,37)/t28-,32?/m0/s1. The summed E-state index contributed by atoms with van der Waals surface area (Å²) >= 11 is 0. The predicted octanol–water partition coefficient (Wildman–Crippen LogP) is 4.94. The molecule has 0 aromatic heterocycles. The molecule has 3 aromatic carbocycles. The fourth-order valence-electron chi connectivity index (χ4n) is 4.60. The second-order valence-corrected chi connectivity index (χ2v) is 10.6. The number of nitrogens with zero attached hydrogens (tertiary/aromatic N) is 2. The van der Waals surface area contributed by atoms with Crippen LogP contribution in [0, 0.1) is 5.92 Å². The number of amides is 1. The average molecular weight is 542 g/mol. The summed E-state index contributed by atoms with van der Waals surface area (Å²) in [5, 5.41) is 9.09. The molecule has 2 atom stereocenters. The number of hydrogen-bond donors (Lipinski definition) is 1. The molecule has 0 radical (unpaired) electrons. The normalized spacial score (nSPS) is 18.3. The minimum Gasteiger partial charge on any atom is -0.489 e. The molecule has 2 heterocycles. The van der Waals surface area contributed by atoms with Crippen molar-refractivity contribution in [1.82, 2.24) is 10.3 Å². The Morgan fingerprint density at radius 1 is 0.975 bits per heavy atom. The number of Topliss-reactive ketones (excluding diaryl/α,β-unsaturated/α-hetero) is 1. The largest absolute Gasteiger partial charge is 0.489 e. The van der Waals surface area contributed by atoms with Gasteiger partial charge in [0.1, 0.15) is 25.5 Å². The molecular weight excluding hydrogens is 506 g/mol. The number of rotatable bonds is 13. The highest BCUT2D eigenvalue weighted by Gasteiger charge is 2.59. The summed E-state index contributed by atoms with van der Waals surface area (Å²) < 4.78 is 17.4. The Balaban J connectivity index is 1.21. The molecule has 8 nitrogen and oxygen atoms in total. The number of ketones is 1. The van der Waals surface area contributed by atoms with Gasteiger partial charge in [-0.25, -0.2) is 5.01 Å². The van der Waals surface area contributed by atoms with Gasteiger partial charge in [-0.05, 0) is 48.1 Å². The Labute approximate surface area is 234 Å². The quantitative estimate of drug-likeness (QED) is 0.308. The van der Waals surface area contributed by atoms with Gasteiger partial charge in [0, 0.05) is 12.0 Å². The summed E-state index contributed by atoms with van der Waals surface area (Å²) in [4.78, 5) is 26.7. The van der Waals surface area contributed by atoms with E-state index in [2.05, 4.69) is 22.6 Å². The molecule has 3 aromatic rings. The first-order valence-corrected chi connectivity index (χ1v) is 13.7. The number of aryl methyl sites for hydroxylation is 1. The van der Waals surface area contributed by atoms with Crippen molar-refractivity contribution in [1.29, 1.82) is 0 Å². The zero-order valence-electron chi connectivity index (χ0n) is 22.9. The van der Waals surface area contributed by atoms with Crippen molar-refractivity contribution in [3.05, 3.63) is 102 Å². The van der Waals surface area contributed by atoms with Crippen LogP contribution in [0.1, 0.15) is 48.2 Å². The SMILES string of the molecule is CC(C)C[C@H](NC(=O)c1cccc(OCc2ccccc2)c1)C(=O)CN1N=C(CCc2ccccc2)OC12CO2. The van der Waals surface area contributed by atoms with Crippen LogP contribution in [0.15, 0.2) is 90.0 Å². The zero-order valence-corrected chi connectivity index (χ0v) is 22.9. The van der Waals surface area contributed by atoms with Crippen LogP contribution in [0.5, 0.6) is 5.75 Å². The van der Waals surface area contributed by atoms with Gasteiger partial charge in [0.2, 0.25) is 5.90 Å². The monoisotopic (exact) mass is 541 g/mol. The van der Waals surface area contributed by atoms with Crippen molar-refractivity contribution in [2.24, 2.45) is 11.0 Å². The molecule has 2 aliphatic heterocycles. The molecule has 2 aliphatic rings. The van der Waals surface area contributed by atoms with E-state index in [1.807, 2.05) is 68.4 Å². The van der Waals surface area contributed by atoms with Crippen LogP contribution in [0.4, 0.5) is 0 Å². The molecule has 1 N–H and O–H groups in total. The fraction of sp³-hybridized carbons (Fsp3) is 0.344. The number of carbonyl (C=O) groups is 2. The molecule has 1 saturated heterocycles. The molecule has 40 heavy (non-hydrogen) atoms. The third-order valence-electron chi connectivity index (χ3n) is 6.82. The van der Waals surface area contributed by atoms with Gasteiger partial charge in [0.25, 0.3) is 5.91 Å². The van der Waals surface area contributed by atoms with E-state index in [-0.39, 0.29) is 24.2 Å². The number of hydrogen-bond acceptors (Lipinski definition) is 7. The summed E-state index contributed by atoms with van der Waals surface area (Å²) in [5.41, 5.74) is 2.65. The lowest BCUT2D eigenvalue weighted by Crippen LogP contribution is -2.47. The van der Waals surface area contributed by atoms with E-state index < -0.39 is 12.0 Å². The first-order valence-electron chi connectivity index (χ1n) is 13.7. The Hall–Kier alpha value is -4.17. The molecule has 5 rings (SSSR count). The number of ether oxygens (including phenoxy) is 3. The van der Waals surface area contributed by atoms with E-state index in [1.165, 1.54) is 5.56 Å². The lowest BCUT2D eigenvalue weighted by molar-refractivity contribution is -0.128. The maximum absolute atomic E-state index is 13.5. The smallest absolute Gasteiger partial charge is 0.336 e. The number of carbonyl (C=O) groups excluding carboxylic acids is 2. The first-order chi connectivity index (χ1) is 19.4. The lowest BCUT2D eigenvalue weighted by Gasteiger charge is -2.23. The van der Waals surface area contributed by atoms with Crippen molar-refractivity contribution in [2.75, 3.05) is 13.2 Å². The second-order valence-electron chi connectivity index (χ2n) is 10.6. The molecule has 1 fully saturated rings. The molecule has 1 amide bonds. The van der Waals surface area contributed by atoms with Crippen LogP contribution in [0.2, 0.25) is 0 Å². The Morgan fingerprint density at radius 2 is 1.68 bits per heavy atom. The third-order valence-corrected chi connectivity index (χ3v) is 6.82. The molecule has 0 aliphatic carbocycles. The summed E-state index contributed by atoms with van der Waals surface area (Å²) in [6.07, 6.45) is 1.88. The number of hydrazone groups is 1. The van der Waals surface area contributed by atoms with Crippen LogP contribution in [-0.4, -0.2) is 47.7 Å². The van der Waals surface area contributed by atoms with Crippen LogP contribution in [0.3, 0.4) is 0 Å². The van der Waals surface area contributed by atoms with Gasteiger partial charge in [-0.1, -0.05) is 80.6 Å². The van der Waals surface area contributed by atoms with E-state index in [0.29, 0.717) is 43.3 Å². The van der Waals surface area contributed by atoms with Crippen molar-refractivity contribution in [3.8, 4) is 5.75 Å². The van der Waals surface area contributed by atoms with E-state index >= 15 is 0 Å².